The second-order valence-electron chi connectivity index (χ2n) is 5.64. The first-order valence-corrected chi connectivity index (χ1v) is 9.07. The minimum atomic E-state index is -0.127. The van der Waals surface area contributed by atoms with E-state index in [0.29, 0.717) is 17.2 Å². The quantitative estimate of drug-likeness (QED) is 0.939. The van der Waals surface area contributed by atoms with Gasteiger partial charge < -0.3 is 4.90 Å². The predicted molar refractivity (Wildman–Crippen MR) is 86.2 cm³/mol. The van der Waals surface area contributed by atoms with Gasteiger partial charge in [-0.15, -0.1) is 0 Å². The van der Waals surface area contributed by atoms with Crippen molar-refractivity contribution in [3.63, 3.8) is 0 Å². The Morgan fingerprint density at radius 1 is 1.36 bits per heavy atom. The lowest BCUT2D eigenvalue weighted by molar-refractivity contribution is -0.133. The van der Waals surface area contributed by atoms with E-state index in [0.717, 1.165) is 36.4 Å². The molecule has 1 aliphatic heterocycles. The molecule has 22 heavy (non-hydrogen) atoms. The molecule has 0 unspecified atom stereocenters. The summed E-state index contributed by atoms with van der Waals surface area (Å²) in [5.74, 6) is 0.411. The molecule has 7 heteroatoms. The molecule has 2 amide bonds. The van der Waals surface area contributed by atoms with Crippen LogP contribution >= 0.6 is 22.7 Å². The largest absolute Gasteiger partial charge is 0.337 e. The van der Waals surface area contributed by atoms with Crippen LogP contribution in [0.1, 0.15) is 33.8 Å². The molecule has 0 atom stereocenters. The van der Waals surface area contributed by atoms with Gasteiger partial charge in [0.2, 0.25) is 5.91 Å². The van der Waals surface area contributed by atoms with E-state index >= 15 is 0 Å². The van der Waals surface area contributed by atoms with Gasteiger partial charge in [0.05, 0.1) is 17.8 Å². The lowest BCUT2D eigenvalue weighted by Crippen LogP contribution is -2.36. The maximum atomic E-state index is 12.2. The van der Waals surface area contributed by atoms with Crippen molar-refractivity contribution in [1.82, 2.24) is 9.88 Å². The third-order valence-electron chi connectivity index (χ3n) is 3.97. The summed E-state index contributed by atoms with van der Waals surface area (Å²) in [6, 6.07) is 1.80. The Labute approximate surface area is 136 Å². The SMILES string of the molecule is O=C(Nc1nc2c(s1)CN(C(=O)C1CC1)CC2)c1ccsc1. The number of hydrogen-bond donors (Lipinski definition) is 1. The van der Waals surface area contributed by atoms with Crippen LogP contribution in [0.5, 0.6) is 0 Å². The van der Waals surface area contributed by atoms with E-state index in [9.17, 15) is 9.59 Å². The smallest absolute Gasteiger partial charge is 0.258 e. The third kappa shape index (κ3) is 2.66. The minimum Gasteiger partial charge on any atom is -0.337 e. The van der Waals surface area contributed by atoms with Gasteiger partial charge in [-0.1, -0.05) is 11.3 Å². The van der Waals surface area contributed by atoms with Crippen LogP contribution in [0, 0.1) is 5.92 Å². The molecule has 2 aromatic heterocycles. The summed E-state index contributed by atoms with van der Waals surface area (Å²) in [7, 11) is 0. The van der Waals surface area contributed by atoms with Gasteiger partial charge in [0.1, 0.15) is 0 Å². The molecule has 0 saturated heterocycles. The van der Waals surface area contributed by atoms with Crippen molar-refractivity contribution in [2.45, 2.75) is 25.8 Å². The molecule has 4 rings (SSSR count). The fourth-order valence-corrected chi connectivity index (χ4v) is 4.24. The standard InChI is InChI=1S/C15H15N3O2S2/c19-13(10-4-6-21-8-10)17-15-16-11-3-5-18(7-12(11)22-15)14(20)9-1-2-9/h4,6,8-9H,1-3,5,7H2,(H,16,17,19). The second kappa shape index (κ2) is 5.48. The van der Waals surface area contributed by atoms with Gasteiger partial charge in [-0.05, 0) is 24.3 Å². The van der Waals surface area contributed by atoms with Gasteiger partial charge in [0.25, 0.3) is 5.91 Å². The fraction of sp³-hybridized carbons (Fsp3) is 0.400. The highest BCUT2D eigenvalue weighted by molar-refractivity contribution is 7.16. The molecule has 114 valence electrons. The number of rotatable bonds is 3. The van der Waals surface area contributed by atoms with Crippen molar-refractivity contribution in [2.24, 2.45) is 5.92 Å². The summed E-state index contributed by atoms with van der Waals surface area (Å²) in [5.41, 5.74) is 1.68. The molecule has 2 aromatic rings. The van der Waals surface area contributed by atoms with Gasteiger partial charge in [-0.2, -0.15) is 11.3 Å². The van der Waals surface area contributed by atoms with Crippen molar-refractivity contribution >= 4 is 39.6 Å². The van der Waals surface area contributed by atoms with Gasteiger partial charge in [0, 0.05) is 29.1 Å². The van der Waals surface area contributed by atoms with Crippen LogP contribution in [0.2, 0.25) is 0 Å². The van der Waals surface area contributed by atoms with Crippen LogP contribution in [-0.2, 0) is 17.8 Å². The highest BCUT2D eigenvalue weighted by atomic mass is 32.1. The van der Waals surface area contributed by atoms with E-state index in [-0.39, 0.29) is 17.7 Å². The topological polar surface area (TPSA) is 62.3 Å². The zero-order valence-electron chi connectivity index (χ0n) is 11.9. The highest BCUT2D eigenvalue weighted by Crippen LogP contribution is 2.34. The van der Waals surface area contributed by atoms with Gasteiger partial charge >= 0.3 is 0 Å². The highest BCUT2D eigenvalue weighted by Gasteiger charge is 2.35. The maximum absolute atomic E-state index is 12.2. The monoisotopic (exact) mass is 333 g/mol. The molecule has 0 radical (unpaired) electrons. The second-order valence-corrected chi connectivity index (χ2v) is 7.50. The normalized spacial score (nSPS) is 17.2. The minimum absolute atomic E-state index is 0.127. The van der Waals surface area contributed by atoms with Crippen molar-refractivity contribution in [2.75, 3.05) is 11.9 Å². The van der Waals surface area contributed by atoms with E-state index in [2.05, 4.69) is 10.3 Å². The summed E-state index contributed by atoms with van der Waals surface area (Å²) in [5, 5.41) is 7.18. The number of hydrogen-bond acceptors (Lipinski definition) is 5. The van der Waals surface area contributed by atoms with Crippen LogP contribution in [0.25, 0.3) is 0 Å². The number of amides is 2. The van der Waals surface area contributed by atoms with Gasteiger partial charge in [-0.25, -0.2) is 4.98 Å². The number of fused-ring (bicyclic) bond motifs is 1. The van der Waals surface area contributed by atoms with Crippen LogP contribution < -0.4 is 5.32 Å². The molecule has 1 aliphatic carbocycles. The average molecular weight is 333 g/mol. The van der Waals surface area contributed by atoms with Crippen molar-refractivity contribution in [3.05, 3.63) is 33.0 Å². The first-order valence-electron chi connectivity index (χ1n) is 7.31. The number of carbonyl (C=O) groups excluding carboxylic acids is 2. The first kappa shape index (κ1) is 13.9. The number of carbonyl (C=O) groups is 2. The Hall–Kier alpha value is -1.73. The summed E-state index contributed by atoms with van der Waals surface area (Å²) in [6.07, 6.45) is 2.85. The fourth-order valence-electron chi connectivity index (χ4n) is 2.59. The van der Waals surface area contributed by atoms with Crippen molar-refractivity contribution in [3.8, 4) is 0 Å². The van der Waals surface area contributed by atoms with E-state index in [4.69, 9.17) is 0 Å². The molecule has 0 aromatic carbocycles. The number of anilines is 1. The summed E-state index contributed by atoms with van der Waals surface area (Å²) in [6.45, 7) is 1.38. The third-order valence-corrected chi connectivity index (χ3v) is 5.65. The van der Waals surface area contributed by atoms with Crippen LogP contribution in [-0.4, -0.2) is 28.2 Å². The lowest BCUT2D eigenvalue weighted by Gasteiger charge is -2.26. The zero-order valence-corrected chi connectivity index (χ0v) is 13.5. The number of aromatic nitrogens is 1. The first-order chi connectivity index (χ1) is 10.7. The number of nitrogens with zero attached hydrogens (tertiary/aromatic N) is 2. The Bertz CT molecular complexity index is 719. The molecule has 3 heterocycles. The van der Waals surface area contributed by atoms with E-state index < -0.39 is 0 Å². The van der Waals surface area contributed by atoms with E-state index in [1.54, 1.807) is 6.07 Å². The average Bonchev–Trinajstić information content (AvgIpc) is 3.07. The molecular weight excluding hydrogens is 318 g/mol. The van der Waals surface area contributed by atoms with Crippen LogP contribution in [0.3, 0.4) is 0 Å². The van der Waals surface area contributed by atoms with Crippen molar-refractivity contribution in [1.29, 1.82) is 0 Å². The van der Waals surface area contributed by atoms with E-state index in [1.165, 1.54) is 22.7 Å². The molecule has 0 bridgehead atoms. The molecular formula is C15H15N3O2S2. The summed E-state index contributed by atoms with van der Waals surface area (Å²) >= 11 is 2.98. The number of thiophene rings is 1. The number of nitrogens with one attached hydrogen (secondary N) is 1. The Kier molecular flexibility index (Phi) is 3.46. The zero-order chi connectivity index (χ0) is 15.1. The van der Waals surface area contributed by atoms with Crippen LogP contribution in [0.4, 0.5) is 5.13 Å². The van der Waals surface area contributed by atoms with E-state index in [1.807, 2.05) is 15.7 Å². The Morgan fingerprint density at radius 3 is 2.95 bits per heavy atom. The predicted octanol–water partition coefficient (Wildman–Crippen LogP) is 2.75. The number of thiazole rings is 1. The summed E-state index contributed by atoms with van der Waals surface area (Å²) in [4.78, 5) is 31.7. The lowest BCUT2D eigenvalue weighted by atomic mass is 10.1. The van der Waals surface area contributed by atoms with Crippen LogP contribution in [0.15, 0.2) is 16.8 Å². The molecule has 0 spiro atoms. The molecule has 1 N–H and O–H groups in total. The molecule has 1 saturated carbocycles. The molecule has 1 fully saturated rings. The summed E-state index contributed by atoms with van der Waals surface area (Å²) < 4.78 is 0. The van der Waals surface area contributed by atoms with Gasteiger partial charge in [0.15, 0.2) is 5.13 Å². The van der Waals surface area contributed by atoms with Crippen molar-refractivity contribution < 1.29 is 9.59 Å². The van der Waals surface area contributed by atoms with Gasteiger partial charge in [-0.3, -0.25) is 14.9 Å². The Balaban J connectivity index is 1.46. The Morgan fingerprint density at radius 2 is 2.23 bits per heavy atom. The molecule has 2 aliphatic rings. The maximum Gasteiger partial charge on any atom is 0.258 e. The molecule has 5 nitrogen and oxygen atoms in total.